The van der Waals surface area contributed by atoms with Gasteiger partial charge in [-0.3, -0.25) is 9.59 Å². The van der Waals surface area contributed by atoms with Crippen LogP contribution < -0.4 is 5.32 Å². The fourth-order valence-corrected chi connectivity index (χ4v) is 7.05. The van der Waals surface area contributed by atoms with Crippen molar-refractivity contribution in [2.75, 3.05) is 25.1 Å². The molecule has 2 aromatic rings. The van der Waals surface area contributed by atoms with Gasteiger partial charge in [0, 0.05) is 24.9 Å². The SMILES string of the molecule is Cc1ccc(NC(=O)[C@H]2CCCN(C(=O)c3c(C)cccc3F)[C@H]2C2CCC3(CCOC3)CC2)cc1C(F)(F)F. The summed E-state index contributed by atoms with van der Waals surface area (Å²) in [5.74, 6) is -2.05. The highest BCUT2D eigenvalue weighted by molar-refractivity contribution is 5.98. The number of benzene rings is 2. The van der Waals surface area contributed by atoms with Crippen LogP contribution >= 0.6 is 0 Å². The molecule has 5 rings (SSSR count). The molecule has 1 N–H and O–H groups in total. The molecule has 2 atom stereocenters. The Hall–Kier alpha value is -2.94. The number of halogens is 4. The molecule has 0 unspecified atom stereocenters. The van der Waals surface area contributed by atoms with Gasteiger partial charge in [0.05, 0.1) is 23.7 Å². The molecule has 3 aliphatic rings. The van der Waals surface area contributed by atoms with Gasteiger partial charge < -0.3 is 15.0 Å². The third kappa shape index (κ3) is 5.62. The first-order valence-electron chi connectivity index (χ1n) is 14.1. The fraction of sp³-hybridized carbons (Fsp3) is 0.548. The van der Waals surface area contributed by atoms with Crippen LogP contribution in [0.2, 0.25) is 0 Å². The van der Waals surface area contributed by atoms with Crippen LogP contribution in [0.25, 0.3) is 0 Å². The molecule has 2 aliphatic heterocycles. The fourth-order valence-electron chi connectivity index (χ4n) is 7.05. The molecule has 2 saturated heterocycles. The maximum atomic E-state index is 14.9. The van der Waals surface area contributed by atoms with Gasteiger partial charge >= 0.3 is 6.18 Å². The van der Waals surface area contributed by atoms with Gasteiger partial charge in [-0.25, -0.2) is 4.39 Å². The van der Waals surface area contributed by atoms with E-state index in [9.17, 15) is 27.2 Å². The predicted octanol–water partition coefficient (Wildman–Crippen LogP) is 6.92. The van der Waals surface area contributed by atoms with Crippen molar-refractivity contribution in [3.63, 3.8) is 0 Å². The van der Waals surface area contributed by atoms with Crippen LogP contribution in [0.1, 0.15) is 72.0 Å². The molecule has 0 aromatic heterocycles. The number of ether oxygens (including phenoxy) is 1. The number of nitrogens with one attached hydrogen (secondary N) is 1. The van der Waals surface area contributed by atoms with Crippen LogP contribution in [0, 0.1) is 36.9 Å². The van der Waals surface area contributed by atoms with Crippen molar-refractivity contribution in [2.24, 2.45) is 17.3 Å². The zero-order valence-corrected chi connectivity index (χ0v) is 23.0. The Bertz CT molecular complexity index is 1240. The Morgan fingerprint density at radius 2 is 1.77 bits per heavy atom. The Kier molecular flexibility index (Phi) is 7.97. The summed E-state index contributed by atoms with van der Waals surface area (Å²) in [5, 5.41) is 2.72. The number of hydrogen-bond acceptors (Lipinski definition) is 3. The normalized spacial score (nSPS) is 27.1. The third-order valence-corrected chi connectivity index (χ3v) is 9.29. The second-order valence-electron chi connectivity index (χ2n) is 11.8. The monoisotopic (exact) mass is 560 g/mol. The molecular weight excluding hydrogens is 524 g/mol. The molecule has 2 amide bonds. The van der Waals surface area contributed by atoms with E-state index in [1.807, 2.05) is 0 Å². The summed E-state index contributed by atoms with van der Waals surface area (Å²) in [7, 11) is 0. The van der Waals surface area contributed by atoms with Crippen molar-refractivity contribution >= 4 is 17.5 Å². The summed E-state index contributed by atoms with van der Waals surface area (Å²) in [6, 6.07) is 7.82. The highest BCUT2D eigenvalue weighted by Crippen LogP contribution is 2.48. The molecule has 0 bridgehead atoms. The smallest absolute Gasteiger partial charge is 0.381 e. The lowest BCUT2D eigenvalue weighted by molar-refractivity contribution is -0.138. The van der Waals surface area contributed by atoms with Crippen LogP contribution in [0.15, 0.2) is 36.4 Å². The van der Waals surface area contributed by atoms with Crippen molar-refractivity contribution < 1.29 is 31.9 Å². The number of alkyl halides is 3. The van der Waals surface area contributed by atoms with E-state index in [4.69, 9.17) is 4.74 Å². The van der Waals surface area contributed by atoms with Crippen molar-refractivity contribution in [3.8, 4) is 0 Å². The molecule has 40 heavy (non-hydrogen) atoms. The highest BCUT2D eigenvalue weighted by atomic mass is 19.4. The number of carbonyl (C=O) groups excluding carboxylic acids is 2. The minimum Gasteiger partial charge on any atom is -0.381 e. The van der Waals surface area contributed by atoms with E-state index in [0.717, 1.165) is 51.4 Å². The van der Waals surface area contributed by atoms with E-state index in [1.165, 1.54) is 25.1 Å². The summed E-state index contributed by atoms with van der Waals surface area (Å²) in [4.78, 5) is 29.3. The molecule has 2 aromatic carbocycles. The zero-order chi connectivity index (χ0) is 28.7. The van der Waals surface area contributed by atoms with Crippen molar-refractivity contribution in [3.05, 3.63) is 64.5 Å². The standard InChI is InChI=1S/C31H36F4N2O3/c1-19-8-9-22(17-24(19)31(33,34)35)36-28(38)23-6-4-15-37(29(39)26-20(2)5-3-7-25(26)32)27(23)21-10-12-30(13-11-21)14-16-40-18-30/h3,5,7-9,17,21,23,27H,4,6,10-16,18H2,1-2H3,(H,36,38)/t21?,23-,27-,30?/m0/s1. The van der Waals surface area contributed by atoms with Crippen LogP contribution in [-0.2, 0) is 15.7 Å². The predicted molar refractivity (Wildman–Crippen MR) is 143 cm³/mol. The molecule has 5 nitrogen and oxygen atoms in total. The molecular formula is C31H36F4N2O3. The summed E-state index contributed by atoms with van der Waals surface area (Å²) in [5.41, 5.74) is 0.0220. The van der Waals surface area contributed by atoms with Crippen molar-refractivity contribution in [1.29, 1.82) is 0 Å². The molecule has 0 radical (unpaired) electrons. The third-order valence-electron chi connectivity index (χ3n) is 9.29. The van der Waals surface area contributed by atoms with E-state index < -0.39 is 41.3 Å². The van der Waals surface area contributed by atoms with E-state index in [-0.39, 0.29) is 28.1 Å². The first-order chi connectivity index (χ1) is 19.0. The molecule has 3 fully saturated rings. The van der Waals surface area contributed by atoms with Crippen molar-refractivity contribution in [2.45, 2.75) is 71.0 Å². The minimum absolute atomic E-state index is 0.0124. The number of hydrogen-bond donors (Lipinski definition) is 1. The van der Waals surface area contributed by atoms with E-state index in [2.05, 4.69) is 5.32 Å². The molecule has 1 aliphatic carbocycles. The van der Waals surface area contributed by atoms with Gasteiger partial charge in [0.1, 0.15) is 5.82 Å². The summed E-state index contributed by atoms with van der Waals surface area (Å²) in [6.07, 6.45) is 0.966. The molecule has 1 saturated carbocycles. The lowest BCUT2D eigenvalue weighted by atomic mass is 9.65. The average molecular weight is 561 g/mol. The van der Waals surface area contributed by atoms with Gasteiger partial charge in [-0.1, -0.05) is 18.2 Å². The number of anilines is 1. The second kappa shape index (κ2) is 11.1. The Labute approximate surface area is 232 Å². The van der Waals surface area contributed by atoms with Gasteiger partial charge in [-0.05, 0) is 99.5 Å². The number of piperidine rings is 1. The van der Waals surface area contributed by atoms with E-state index in [1.54, 1.807) is 24.0 Å². The van der Waals surface area contributed by atoms with E-state index >= 15 is 0 Å². The summed E-state index contributed by atoms with van der Waals surface area (Å²) >= 11 is 0. The van der Waals surface area contributed by atoms with Crippen LogP contribution in [0.4, 0.5) is 23.2 Å². The lowest BCUT2D eigenvalue weighted by Gasteiger charge is -2.48. The van der Waals surface area contributed by atoms with Crippen LogP contribution in [0.3, 0.4) is 0 Å². The first-order valence-corrected chi connectivity index (χ1v) is 14.1. The Morgan fingerprint density at radius 1 is 1.02 bits per heavy atom. The van der Waals surface area contributed by atoms with E-state index in [0.29, 0.717) is 24.9 Å². The number of nitrogens with zero attached hydrogens (tertiary/aromatic N) is 1. The topological polar surface area (TPSA) is 58.6 Å². The van der Waals surface area contributed by atoms with Gasteiger partial charge in [-0.2, -0.15) is 13.2 Å². The number of likely N-dealkylation sites (tertiary alicyclic amines) is 1. The summed E-state index contributed by atoms with van der Waals surface area (Å²) in [6.45, 7) is 4.94. The molecule has 9 heteroatoms. The largest absolute Gasteiger partial charge is 0.416 e. The Balaban J connectivity index is 1.45. The number of amides is 2. The molecule has 1 spiro atoms. The molecule has 2 heterocycles. The highest BCUT2D eigenvalue weighted by Gasteiger charge is 2.47. The van der Waals surface area contributed by atoms with Gasteiger partial charge in [0.15, 0.2) is 0 Å². The number of aryl methyl sites for hydroxylation is 2. The summed E-state index contributed by atoms with van der Waals surface area (Å²) < 4.78 is 61.1. The second-order valence-corrected chi connectivity index (χ2v) is 11.8. The lowest BCUT2D eigenvalue weighted by Crippen LogP contribution is -2.56. The maximum Gasteiger partial charge on any atom is 0.416 e. The average Bonchev–Trinajstić information content (AvgIpc) is 3.36. The van der Waals surface area contributed by atoms with Crippen LogP contribution in [-0.4, -0.2) is 42.5 Å². The number of carbonyl (C=O) groups is 2. The zero-order valence-electron chi connectivity index (χ0n) is 23.0. The quantitative estimate of drug-likeness (QED) is 0.413. The Morgan fingerprint density at radius 3 is 2.42 bits per heavy atom. The molecule has 216 valence electrons. The first kappa shape index (κ1) is 28.6. The van der Waals surface area contributed by atoms with Gasteiger partial charge in [-0.15, -0.1) is 0 Å². The van der Waals surface area contributed by atoms with Gasteiger partial charge in [0.25, 0.3) is 5.91 Å². The number of rotatable bonds is 4. The minimum atomic E-state index is -4.54. The van der Waals surface area contributed by atoms with Crippen molar-refractivity contribution in [1.82, 2.24) is 4.90 Å². The van der Waals surface area contributed by atoms with Crippen LogP contribution in [0.5, 0.6) is 0 Å². The van der Waals surface area contributed by atoms with Gasteiger partial charge in [0.2, 0.25) is 5.91 Å². The maximum absolute atomic E-state index is 14.9.